The number of nitrogens with one attached hydrogen (secondary N) is 1. The van der Waals surface area contributed by atoms with Crippen molar-refractivity contribution in [1.29, 1.82) is 0 Å². The molecule has 2 aromatic heterocycles. The molecule has 1 aromatic carbocycles. The molecular weight excluding hydrogens is 482 g/mol. The first-order chi connectivity index (χ1) is 17.2. The monoisotopic (exact) mass is 507 g/mol. The normalized spacial score (nSPS) is 20.2. The lowest BCUT2D eigenvalue weighted by molar-refractivity contribution is 0.0247. The van der Waals surface area contributed by atoms with Gasteiger partial charge in [-0.25, -0.2) is 22.5 Å². The Morgan fingerprint density at radius 1 is 1.22 bits per heavy atom. The van der Waals surface area contributed by atoms with Gasteiger partial charge in [-0.05, 0) is 42.7 Å². The minimum absolute atomic E-state index is 0.0391. The number of carbonyl (C=O) groups excluding carboxylic acids is 1. The fourth-order valence-corrected chi connectivity index (χ4v) is 4.11. The third-order valence-electron chi connectivity index (χ3n) is 5.95. The molecule has 1 saturated heterocycles. The van der Waals surface area contributed by atoms with Crippen LogP contribution in [0.2, 0.25) is 0 Å². The first kappa shape index (κ1) is 25.7. The van der Waals surface area contributed by atoms with Crippen LogP contribution in [-0.2, 0) is 23.1 Å². The number of nitrogens with zero attached hydrogens (tertiary/aromatic N) is 3. The van der Waals surface area contributed by atoms with E-state index in [1.807, 2.05) is 0 Å². The maximum absolute atomic E-state index is 14.7. The number of nitrogens with two attached hydrogens (primary N) is 1. The second kappa shape index (κ2) is 10.7. The number of anilines is 1. The molecule has 0 aliphatic carbocycles. The van der Waals surface area contributed by atoms with Crippen molar-refractivity contribution in [2.75, 3.05) is 19.0 Å². The Hall–Kier alpha value is -3.35. The van der Waals surface area contributed by atoms with E-state index in [0.29, 0.717) is 18.5 Å². The lowest BCUT2D eigenvalue weighted by Crippen LogP contribution is -2.32. The molecule has 3 unspecified atom stereocenters. The summed E-state index contributed by atoms with van der Waals surface area (Å²) >= 11 is 0. The van der Waals surface area contributed by atoms with E-state index in [9.17, 15) is 22.4 Å². The summed E-state index contributed by atoms with van der Waals surface area (Å²) in [5.74, 6) is -3.86. The summed E-state index contributed by atoms with van der Waals surface area (Å²) < 4.78 is 69.9. The molecule has 1 aliphatic rings. The smallest absolute Gasteiger partial charge is 0.274 e. The maximum atomic E-state index is 14.7. The molecule has 8 nitrogen and oxygen atoms in total. The highest BCUT2D eigenvalue weighted by atomic mass is 19.1. The third kappa shape index (κ3) is 5.25. The average Bonchev–Trinajstić information content (AvgIpc) is 3.10. The first-order valence-electron chi connectivity index (χ1n) is 11.2. The molecule has 4 rings (SSSR count). The van der Waals surface area contributed by atoms with Gasteiger partial charge in [0.2, 0.25) is 0 Å². The van der Waals surface area contributed by atoms with Gasteiger partial charge in [0.1, 0.15) is 41.1 Å². The molecule has 12 heteroatoms. The Bertz CT molecular complexity index is 1230. The summed E-state index contributed by atoms with van der Waals surface area (Å²) in [7, 11) is 3.01. The lowest BCUT2D eigenvalue weighted by Gasteiger charge is -2.18. The van der Waals surface area contributed by atoms with Crippen molar-refractivity contribution >= 4 is 11.6 Å². The Kier molecular flexibility index (Phi) is 7.67. The van der Waals surface area contributed by atoms with E-state index in [0.717, 1.165) is 24.3 Å². The molecule has 3 N–H and O–H groups in total. The minimum atomic E-state index is -1.31. The topological polar surface area (TPSA) is 104 Å². The molecule has 1 fully saturated rings. The quantitative estimate of drug-likeness (QED) is 0.492. The number of pyridine rings is 1. The van der Waals surface area contributed by atoms with Crippen molar-refractivity contribution in [3.8, 4) is 11.3 Å². The number of amides is 1. The highest BCUT2D eigenvalue weighted by Crippen LogP contribution is 2.33. The van der Waals surface area contributed by atoms with Gasteiger partial charge in [-0.15, -0.1) is 0 Å². The van der Waals surface area contributed by atoms with E-state index in [2.05, 4.69) is 15.4 Å². The molecule has 1 aliphatic heterocycles. The molecule has 0 radical (unpaired) electrons. The molecule has 3 atom stereocenters. The number of aromatic nitrogens is 3. The van der Waals surface area contributed by atoms with Crippen LogP contribution >= 0.6 is 0 Å². The zero-order chi connectivity index (χ0) is 26.0. The fraction of sp³-hybridized carbons (Fsp3) is 0.375. The van der Waals surface area contributed by atoms with Gasteiger partial charge in [0.15, 0.2) is 0 Å². The summed E-state index contributed by atoms with van der Waals surface area (Å²) in [5, 5.41) is 6.76. The zero-order valence-corrected chi connectivity index (χ0v) is 19.6. The molecule has 0 saturated carbocycles. The van der Waals surface area contributed by atoms with Gasteiger partial charge in [-0.2, -0.15) is 5.10 Å². The van der Waals surface area contributed by atoms with Gasteiger partial charge in [0.25, 0.3) is 5.91 Å². The Labute approximate surface area is 204 Å². The second-order valence-corrected chi connectivity index (χ2v) is 8.49. The predicted octanol–water partition coefficient (Wildman–Crippen LogP) is 3.82. The number of hydrogen-bond donors (Lipinski definition) is 2. The Morgan fingerprint density at radius 2 is 1.94 bits per heavy atom. The van der Waals surface area contributed by atoms with Crippen LogP contribution in [-0.4, -0.2) is 46.6 Å². The fourth-order valence-electron chi connectivity index (χ4n) is 4.11. The van der Waals surface area contributed by atoms with Crippen LogP contribution in [0.4, 0.5) is 23.2 Å². The SMILES string of the molecule is COCc1cc(F)c(-c2nc(C(=O)Nc3cnn(C)c3C3CCC(N)C(F)CO3)ccc2F)c(F)c1. The molecule has 36 heavy (non-hydrogen) atoms. The van der Waals surface area contributed by atoms with E-state index >= 15 is 0 Å². The molecule has 1 amide bonds. The van der Waals surface area contributed by atoms with Crippen LogP contribution in [0.5, 0.6) is 0 Å². The van der Waals surface area contributed by atoms with Crippen LogP contribution < -0.4 is 11.1 Å². The first-order valence-corrected chi connectivity index (χ1v) is 11.2. The predicted molar refractivity (Wildman–Crippen MR) is 122 cm³/mol. The lowest BCUT2D eigenvalue weighted by atomic mass is 10.0. The van der Waals surface area contributed by atoms with Crippen molar-refractivity contribution in [3.63, 3.8) is 0 Å². The van der Waals surface area contributed by atoms with Crippen molar-refractivity contribution in [1.82, 2.24) is 14.8 Å². The van der Waals surface area contributed by atoms with Gasteiger partial charge in [-0.1, -0.05) is 0 Å². The number of alkyl halides is 1. The number of ether oxygens (including phenoxy) is 2. The van der Waals surface area contributed by atoms with Crippen LogP contribution in [0, 0.1) is 17.5 Å². The van der Waals surface area contributed by atoms with Crippen LogP contribution in [0.3, 0.4) is 0 Å². The number of halogens is 4. The summed E-state index contributed by atoms with van der Waals surface area (Å²) in [6, 6.07) is 3.36. The van der Waals surface area contributed by atoms with E-state index in [-0.39, 0.29) is 30.2 Å². The largest absolute Gasteiger partial charge is 0.380 e. The number of methoxy groups -OCH3 is 1. The number of benzene rings is 1. The minimum Gasteiger partial charge on any atom is -0.380 e. The summed E-state index contributed by atoms with van der Waals surface area (Å²) in [5.41, 5.74) is 5.14. The van der Waals surface area contributed by atoms with Crippen molar-refractivity contribution in [3.05, 3.63) is 64.9 Å². The number of carbonyl (C=O) groups is 1. The Balaban J connectivity index is 1.61. The molecular formula is C24H25F4N5O3. The third-order valence-corrected chi connectivity index (χ3v) is 5.95. The van der Waals surface area contributed by atoms with E-state index < -0.39 is 52.9 Å². The molecule has 0 spiro atoms. The molecule has 0 bridgehead atoms. The van der Waals surface area contributed by atoms with Crippen molar-refractivity contribution in [2.45, 2.75) is 37.8 Å². The number of hydrogen-bond acceptors (Lipinski definition) is 6. The van der Waals surface area contributed by atoms with Gasteiger partial charge in [0, 0.05) is 20.2 Å². The molecule has 3 aromatic rings. The standard InChI is InChI=1S/C24H25F4N5O3/c1-33-23(20-6-4-17(29)16(28)11-36-20)19(9-30-33)32-24(34)18-5-3-13(25)22(31-18)21-14(26)7-12(10-35-2)8-15(21)27/h3,5,7-9,16-17,20H,4,6,10-11,29H2,1-2H3,(H,32,34). The number of aryl methyl sites for hydroxylation is 1. The summed E-state index contributed by atoms with van der Waals surface area (Å²) in [4.78, 5) is 16.9. The van der Waals surface area contributed by atoms with E-state index in [1.54, 1.807) is 7.05 Å². The van der Waals surface area contributed by atoms with E-state index in [1.165, 1.54) is 18.0 Å². The van der Waals surface area contributed by atoms with Crippen LogP contribution in [0.15, 0.2) is 30.5 Å². The van der Waals surface area contributed by atoms with Crippen LogP contribution in [0.25, 0.3) is 11.3 Å². The summed E-state index contributed by atoms with van der Waals surface area (Å²) in [6.45, 7) is -0.240. The van der Waals surface area contributed by atoms with E-state index in [4.69, 9.17) is 15.2 Å². The maximum Gasteiger partial charge on any atom is 0.274 e. The highest BCUT2D eigenvalue weighted by Gasteiger charge is 2.30. The second-order valence-electron chi connectivity index (χ2n) is 8.49. The average molecular weight is 507 g/mol. The van der Waals surface area contributed by atoms with Gasteiger partial charge >= 0.3 is 0 Å². The van der Waals surface area contributed by atoms with Gasteiger partial charge in [0.05, 0.1) is 36.4 Å². The van der Waals surface area contributed by atoms with Gasteiger partial charge < -0.3 is 20.5 Å². The number of rotatable bonds is 6. The molecule has 192 valence electrons. The van der Waals surface area contributed by atoms with Crippen molar-refractivity contribution < 1.29 is 31.8 Å². The highest BCUT2D eigenvalue weighted by molar-refractivity contribution is 6.03. The van der Waals surface area contributed by atoms with Crippen LogP contribution in [0.1, 0.15) is 40.7 Å². The van der Waals surface area contributed by atoms with Gasteiger partial charge in [-0.3, -0.25) is 9.48 Å². The zero-order valence-electron chi connectivity index (χ0n) is 19.6. The summed E-state index contributed by atoms with van der Waals surface area (Å²) in [6.07, 6.45) is 0.262. The Morgan fingerprint density at radius 3 is 2.64 bits per heavy atom. The molecule has 3 heterocycles. The van der Waals surface area contributed by atoms with Crippen molar-refractivity contribution in [2.24, 2.45) is 12.8 Å².